The number of aromatic hydroxyl groups is 1. The number of nitrogens with one attached hydrogen (secondary N) is 2. The number of carbonyl (C=O) groups excluding carboxylic acids is 1. The Hall–Kier alpha value is -1.62. The summed E-state index contributed by atoms with van der Waals surface area (Å²) in [6.45, 7) is 1.94. The average molecular weight is 252 g/mol. The lowest BCUT2D eigenvalue weighted by Gasteiger charge is -2.15. The van der Waals surface area contributed by atoms with Crippen LogP contribution in [0.4, 0.5) is 4.39 Å². The smallest absolute Gasteiger partial charge is 0.234 e. The maximum absolute atomic E-state index is 13.5. The summed E-state index contributed by atoms with van der Waals surface area (Å²) < 4.78 is 13.5. The number of phenolic OH excluding ortho intramolecular Hbond substituents is 1. The second-order valence-electron chi connectivity index (χ2n) is 4.65. The molecule has 0 heterocycles. The van der Waals surface area contributed by atoms with E-state index < -0.39 is 5.82 Å². The van der Waals surface area contributed by atoms with Gasteiger partial charge in [0.25, 0.3) is 0 Å². The number of amides is 1. The molecule has 18 heavy (non-hydrogen) atoms. The third-order valence-corrected chi connectivity index (χ3v) is 2.96. The molecule has 3 N–H and O–H groups in total. The lowest BCUT2D eigenvalue weighted by Crippen LogP contribution is -2.36. The molecular weight excluding hydrogens is 235 g/mol. The first-order valence-electron chi connectivity index (χ1n) is 6.07. The number of halogens is 1. The Balaban J connectivity index is 1.86. The summed E-state index contributed by atoms with van der Waals surface area (Å²) in [5, 5.41) is 14.9. The summed E-state index contributed by atoms with van der Waals surface area (Å²) in [5.74, 6) is -0.643. The fourth-order valence-electron chi connectivity index (χ4n) is 1.73. The monoisotopic (exact) mass is 252 g/mol. The van der Waals surface area contributed by atoms with Gasteiger partial charge in [-0.3, -0.25) is 4.79 Å². The zero-order valence-corrected chi connectivity index (χ0v) is 10.2. The van der Waals surface area contributed by atoms with Crippen molar-refractivity contribution >= 4 is 5.91 Å². The maximum Gasteiger partial charge on any atom is 0.234 e. The number of hydrogen-bond acceptors (Lipinski definition) is 3. The third kappa shape index (κ3) is 3.43. The van der Waals surface area contributed by atoms with Crippen LogP contribution in [0.5, 0.6) is 5.75 Å². The van der Waals surface area contributed by atoms with Gasteiger partial charge in [0.15, 0.2) is 0 Å². The van der Waals surface area contributed by atoms with Crippen molar-refractivity contribution in [1.82, 2.24) is 10.6 Å². The zero-order valence-electron chi connectivity index (χ0n) is 10.2. The van der Waals surface area contributed by atoms with Crippen molar-refractivity contribution in [1.29, 1.82) is 0 Å². The van der Waals surface area contributed by atoms with E-state index >= 15 is 0 Å². The van der Waals surface area contributed by atoms with Gasteiger partial charge >= 0.3 is 0 Å². The number of carbonyl (C=O) groups is 1. The van der Waals surface area contributed by atoms with Gasteiger partial charge in [-0.15, -0.1) is 0 Å². The van der Waals surface area contributed by atoms with Crippen molar-refractivity contribution in [3.63, 3.8) is 0 Å². The van der Waals surface area contributed by atoms with Crippen LogP contribution in [-0.4, -0.2) is 23.6 Å². The first-order valence-corrected chi connectivity index (χ1v) is 6.07. The van der Waals surface area contributed by atoms with E-state index in [-0.39, 0.29) is 24.2 Å². The lowest BCUT2D eigenvalue weighted by molar-refractivity contribution is -0.120. The van der Waals surface area contributed by atoms with Gasteiger partial charge in [-0.25, -0.2) is 4.39 Å². The van der Waals surface area contributed by atoms with Crippen molar-refractivity contribution in [2.24, 2.45) is 0 Å². The summed E-state index contributed by atoms with van der Waals surface area (Å²) in [6.07, 6.45) is 2.10. The van der Waals surface area contributed by atoms with Gasteiger partial charge in [-0.2, -0.15) is 0 Å². The Morgan fingerprint density at radius 1 is 1.56 bits per heavy atom. The van der Waals surface area contributed by atoms with E-state index in [2.05, 4.69) is 10.6 Å². The Morgan fingerprint density at radius 3 is 2.89 bits per heavy atom. The highest BCUT2D eigenvalue weighted by Gasteiger charge is 2.23. The van der Waals surface area contributed by atoms with Crippen LogP contribution in [0.2, 0.25) is 0 Å². The van der Waals surface area contributed by atoms with Crippen molar-refractivity contribution in [2.45, 2.75) is 31.8 Å². The molecule has 1 fully saturated rings. The van der Waals surface area contributed by atoms with Crippen molar-refractivity contribution in [3.05, 3.63) is 29.6 Å². The highest BCUT2D eigenvalue weighted by molar-refractivity contribution is 5.78. The molecule has 0 aliphatic heterocycles. The molecule has 0 radical (unpaired) electrons. The fourth-order valence-corrected chi connectivity index (χ4v) is 1.73. The standard InChI is InChI=1S/C13H17FN2O2/c1-8(11-5-4-10(17)6-12(11)14)15-7-13(18)16-9-2-3-9/h4-6,8-9,15,17H,2-3,7H2,1H3,(H,16,18). The minimum atomic E-state index is -0.474. The van der Waals surface area contributed by atoms with Crippen LogP contribution in [0.3, 0.4) is 0 Å². The highest BCUT2D eigenvalue weighted by Crippen LogP contribution is 2.21. The summed E-state index contributed by atoms with van der Waals surface area (Å²) >= 11 is 0. The Labute approximate surface area is 105 Å². The molecule has 4 nitrogen and oxygen atoms in total. The molecule has 0 spiro atoms. The normalized spacial score (nSPS) is 16.3. The summed E-state index contributed by atoms with van der Waals surface area (Å²) in [5.41, 5.74) is 0.437. The van der Waals surface area contributed by atoms with Gasteiger partial charge in [0.1, 0.15) is 11.6 Å². The quantitative estimate of drug-likeness (QED) is 0.743. The Morgan fingerprint density at radius 2 is 2.28 bits per heavy atom. The summed E-state index contributed by atoms with van der Waals surface area (Å²) in [7, 11) is 0. The van der Waals surface area contributed by atoms with E-state index in [1.807, 2.05) is 0 Å². The lowest BCUT2D eigenvalue weighted by atomic mass is 10.1. The van der Waals surface area contributed by atoms with Crippen LogP contribution < -0.4 is 10.6 Å². The zero-order chi connectivity index (χ0) is 13.1. The maximum atomic E-state index is 13.5. The van der Waals surface area contributed by atoms with Crippen LogP contribution in [0, 0.1) is 5.82 Å². The van der Waals surface area contributed by atoms with Crippen LogP contribution in [0.15, 0.2) is 18.2 Å². The van der Waals surface area contributed by atoms with Crippen molar-refractivity contribution < 1.29 is 14.3 Å². The molecule has 1 aromatic carbocycles. The number of benzene rings is 1. The third-order valence-electron chi connectivity index (χ3n) is 2.96. The SMILES string of the molecule is CC(NCC(=O)NC1CC1)c1ccc(O)cc1F. The van der Waals surface area contributed by atoms with Crippen LogP contribution in [0.1, 0.15) is 31.4 Å². The van der Waals surface area contributed by atoms with Crippen molar-refractivity contribution in [3.8, 4) is 5.75 Å². The molecular formula is C13H17FN2O2. The molecule has 0 saturated heterocycles. The largest absolute Gasteiger partial charge is 0.508 e. The molecule has 0 bridgehead atoms. The van der Waals surface area contributed by atoms with Gasteiger partial charge in [0.05, 0.1) is 6.54 Å². The molecule has 1 aliphatic rings. The summed E-state index contributed by atoms with van der Waals surface area (Å²) in [6, 6.07) is 4.07. The van der Waals surface area contributed by atoms with Gasteiger partial charge in [-0.05, 0) is 25.8 Å². The average Bonchev–Trinajstić information content (AvgIpc) is 3.10. The minimum Gasteiger partial charge on any atom is -0.508 e. The summed E-state index contributed by atoms with van der Waals surface area (Å²) in [4.78, 5) is 11.5. The molecule has 1 saturated carbocycles. The molecule has 1 aliphatic carbocycles. The first-order chi connectivity index (χ1) is 8.56. The Bertz CT molecular complexity index is 447. The van der Waals surface area contributed by atoms with E-state index in [1.165, 1.54) is 12.1 Å². The van der Waals surface area contributed by atoms with E-state index in [0.29, 0.717) is 11.6 Å². The number of hydrogen-bond donors (Lipinski definition) is 3. The predicted molar refractivity (Wildman–Crippen MR) is 65.6 cm³/mol. The predicted octanol–water partition coefficient (Wildman–Crippen LogP) is 1.46. The topological polar surface area (TPSA) is 61.4 Å². The van der Waals surface area contributed by atoms with Gasteiger partial charge < -0.3 is 15.7 Å². The van der Waals surface area contributed by atoms with Gasteiger partial charge in [-0.1, -0.05) is 6.07 Å². The minimum absolute atomic E-state index is 0.0662. The van der Waals surface area contributed by atoms with E-state index in [0.717, 1.165) is 18.9 Å². The van der Waals surface area contributed by atoms with Crippen LogP contribution in [-0.2, 0) is 4.79 Å². The first kappa shape index (κ1) is 12.8. The van der Waals surface area contributed by atoms with Crippen molar-refractivity contribution in [2.75, 3.05) is 6.54 Å². The molecule has 2 rings (SSSR count). The second-order valence-corrected chi connectivity index (χ2v) is 4.65. The van der Waals surface area contributed by atoms with Crippen LogP contribution in [0.25, 0.3) is 0 Å². The molecule has 1 unspecified atom stereocenters. The fraction of sp³-hybridized carbons (Fsp3) is 0.462. The molecule has 98 valence electrons. The van der Waals surface area contributed by atoms with Crippen LogP contribution >= 0.6 is 0 Å². The Kier molecular flexibility index (Phi) is 3.81. The highest BCUT2D eigenvalue weighted by atomic mass is 19.1. The van der Waals surface area contributed by atoms with E-state index in [4.69, 9.17) is 5.11 Å². The van der Waals surface area contributed by atoms with E-state index in [9.17, 15) is 9.18 Å². The molecule has 5 heteroatoms. The van der Waals surface area contributed by atoms with Gasteiger partial charge in [0.2, 0.25) is 5.91 Å². The van der Waals surface area contributed by atoms with Gasteiger partial charge in [0, 0.05) is 23.7 Å². The molecule has 1 atom stereocenters. The molecule has 1 aromatic rings. The number of rotatable bonds is 5. The second kappa shape index (κ2) is 5.35. The molecule has 0 aromatic heterocycles. The number of phenols is 1. The molecule has 1 amide bonds. The van der Waals surface area contributed by atoms with E-state index in [1.54, 1.807) is 6.92 Å².